The summed E-state index contributed by atoms with van der Waals surface area (Å²) in [5, 5.41) is 13.7. The summed E-state index contributed by atoms with van der Waals surface area (Å²) in [6, 6.07) is 3.86. The second-order valence-electron chi connectivity index (χ2n) is 9.01. The maximum atomic E-state index is 13.4. The average Bonchev–Trinajstić information content (AvgIpc) is 2.81. The lowest BCUT2D eigenvalue weighted by molar-refractivity contribution is -0.126. The first-order valence-corrected chi connectivity index (χ1v) is 11.6. The molecule has 1 aromatic carbocycles. The van der Waals surface area contributed by atoms with E-state index in [1.165, 1.54) is 23.1 Å². The Kier molecular flexibility index (Phi) is 7.90. The van der Waals surface area contributed by atoms with Crippen LogP contribution in [-0.2, 0) is 16.1 Å². The fourth-order valence-electron chi connectivity index (χ4n) is 4.18. The van der Waals surface area contributed by atoms with E-state index in [1.807, 2.05) is 18.7 Å². The lowest BCUT2D eigenvalue weighted by Crippen LogP contribution is -2.53. The summed E-state index contributed by atoms with van der Waals surface area (Å²) in [6.07, 6.45) is 1.50. The molecule has 1 saturated heterocycles. The van der Waals surface area contributed by atoms with Gasteiger partial charge in [0.25, 0.3) is 11.8 Å². The molecule has 0 radical (unpaired) electrons. The lowest BCUT2D eigenvalue weighted by atomic mass is 9.97. The van der Waals surface area contributed by atoms with E-state index in [-0.39, 0.29) is 35.0 Å². The smallest absolute Gasteiger partial charge is 0.274 e. The molecular formula is C25H31ClFN5O3. The van der Waals surface area contributed by atoms with E-state index < -0.39 is 11.7 Å². The molecule has 35 heavy (non-hydrogen) atoms. The Morgan fingerprint density at radius 3 is 2.60 bits per heavy atom. The number of rotatable bonds is 6. The maximum Gasteiger partial charge on any atom is 0.274 e. The van der Waals surface area contributed by atoms with Crippen molar-refractivity contribution in [2.45, 2.75) is 39.3 Å². The number of carbonyl (C=O) groups is 2. The number of hydrogen-bond acceptors (Lipinski definition) is 6. The van der Waals surface area contributed by atoms with Crippen LogP contribution in [-0.4, -0.2) is 71.2 Å². The minimum absolute atomic E-state index is 0.0419. The summed E-state index contributed by atoms with van der Waals surface area (Å²) in [5.41, 5.74) is 2.13. The molecule has 0 spiro atoms. The van der Waals surface area contributed by atoms with Gasteiger partial charge in [0.1, 0.15) is 11.7 Å². The van der Waals surface area contributed by atoms with Crippen LogP contribution >= 0.6 is 11.6 Å². The van der Waals surface area contributed by atoms with Gasteiger partial charge in [-0.1, -0.05) is 24.2 Å². The number of nitrogens with zero attached hydrogens (tertiary/aromatic N) is 4. The standard InChI is InChI=1S/C25H31ClFN5O3/c1-14(2)21-22(33)20(24(34)28-13-16-9-10-18(27)17(26)12-16)29-23-19(8-7-11-32(21)23)31(6)15(3)25(35)30(4)5/h9-10,12,19,33H,3,7-8,11,13H2,1-2,4-6H3,(H,28,34). The summed E-state index contributed by atoms with van der Waals surface area (Å²) < 4.78 is 13.4. The SMILES string of the molecule is C=C(C(=O)N(C)C)N(C)C1CCCN2C1=NC(C(=O)NCc1ccc(F)c(Cl)c1)=C(O)C2=C(C)C. The van der Waals surface area contributed by atoms with Crippen molar-refractivity contribution in [3.05, 3.63) is 69.6 Å². The fourth-order valence-corrected chi connectivity index (χ4v) is 4.38. The van der Waals surface area contributed by atoms with Gasteiger partial charge in [0.15, 0.2) is 11.5 Å². The summed E-state index contributed by atoms with van der Waals surface area (Å²) >= 11 is 5.83. The first-order chi connectivity index (χ1) is 16.4. The van der Waals surface area contributed by atoms with E-state index in [1.54, 1.807) is 26.0 Å². The van der Waals surface area contributed by atoms with Gasteiger partial charge in [-0.3, -0.25) is 9.59 Å². The second-order valence-corrected chi connectivity index (χ2v) is 9.42. The zero-order valence-corrected chi connectivity index (χ0v) is 21.4. The van der Waals surface area contributed by atoms with E-state index in [4.69, 9.17) is 11.6 Å². The monoisotopic (exact) mass is 503 g/mol. The number of nitrogens with one attached hydrogen (secondary N) is 1. The zero-order chi connectivity index (χ0) is 26.0. The van der Waals surface area contributed by atoms with Crippen molar-refractivity contribution in [3.8, 4) is 0 Å². The van der Waals surface area contributed by atoms with Gasteiger partial charge in [-0.05, 0) is 50.0 Å². The topological polar surface area (TPSA) is 88.5 Å². The van der Waals surface area contributed by atoms with Crippen molar-refractivity contribution < 1.29 is 19.1 Å². The summed E-state index contributed by atoms with van der Waals surface area (Å²) in [4.78, 5) is 35.3. The number of hydrogen-bond donors (Lipinski definition) is 2. The number of aliphatic hydroxyl groups is 1. The highest BCUT2D eigenvalue weighted by atomic mass is 35.5. The van der Waals surface area contributed by atoms with Crippen LogP contribution in [0.25, 0.3) is 0 Å². The molecule has 1 fully saturated rings. The predicted octanol–water partition coefficient (Wildman–Crippen LogP) is 3.57. The molecule has 2 N–H and O–H groups in total. The van der Waals surface area contributed by atoms with E-state index in [2.05, 4.69) is 16.9 Å². The average molecular weight is 504 g/mol. The molecular weight excluding hydrogens is 473 g/mol. The van der Waals surface area contributed by atoms with E-state index in [0.29, 0.717) is 35.8 Å². The molecule has 2 aliphatic heterocycles. The third kappa shape index (κ3) is 5.35. The molecule has 3 rings (SSSR count). The van der Waals surface area contributed by atoms with E-state index in [0.717, 1.165) is 12.0 Å². The number of aliphatic imine (C=N–C) groups is 1. The first kappa shape index (κ1) is 26.3. The molecule has 2 amide bonds. The molecule has 2 aliphatic rings. The molecule has 10 heteroatoms. The van der Waals surface area contributed by atoms with Gasteiger partial charge in [-0.25, -0.2) is 9.38 Å². The van der Waals surface area contributed by atoms with Gasteiger partial charge in [-0.2, -0.15) is 0 Å². The number of carbonyl (C=O) groups excluding carboxylic acids is 2. The minimum Gasteiger partial charge on any atom is -0.504 e. The Morgan fingerprint density at radius 1 is 1.31 bits per heavy atom. The lowest BCUT2D eigenvalue weighted by Gasteiger charge is -2.43. The predicted molar refractivity (Wildman–Crippen MR) is 134 cm³/mol. The largest absolute Gasteiger partial charge is 0.504 e. The van der Waals surface area contributed by atoms with Crippen molar-refractivity contribution in [3.63, 3.8) is 0 Å². The van der Waals surface area contributed by atoms with Gasteiger partial charge in [0.2, 0.25) is 0 Å². The molecule has 1 atom stereocenters. The number of likely N-dealkylation sites (N-methyl/N-ethyl adjacent to an activating group) is 2. The van der Waals surface area contributed by atoms with Crippen LogP contribution in [0.4, 0.5) is 4.39 Å². The highest BCUT2D eigenvalue weighted by Crippen LogP contribution is 2.33. The normalized spacial score (nSPS) is 17.5. The van der Waals surface area contributed by atoms with Crippen LogP contribution in [0.2, 0.25) is 5.02 Å². The van der Waals surface area contributed by atoms with Crippen LogP contribution in [0.1, 0.15) is 32.3 Å². The third-order valence-corrected chi connectivity index (χ3v) is 6.34. The van der Waals surface area contributed by atoms with Crippen LogP contribution in [0.5, 0.6) is 0 Å². The van der Waals surface area contributed by atoms with E-state index >= 15 is 0 Å². The van der Waals surface area contributed by atoms with Crippen LogP contribution in [0.3, 0.4) is 0 Å². The quantitative estimate of drug-likeness (QED) is 0.579. The third-order valence-electron chi connectivity index (χ3n) is 6.05. The number of fused-ring (bicyclic) bond motifs is 1. The Bertz CT molecular complexity index is 1150. The Morgan fingerprint density at radius 2 is 2.00 bits per heavy atom. The molecule has 1 aromatic rings. The molecule has 0 aromatic heterocycles. The first-order valence-electron chi connectivity index (χ1n) is 11.3. The fraction of sp³-hybridized carbons (Fsp3) is 0.400. The highest BCUT2D eigenvalue weighted by molar-refractivity contribution is 6.30. The Hall–Kier alpha value is -3.33. The maximum absolute atomic E-state index is 13.4. The van der Waals surface area contributed by atoms with Crippen molar-refractivity contribution in [1.82, 2.24) is 20.0 Å². The van der Waals surface area contributed by atoms with Crippen molar-refractivity contribution in [2.75, 3.05) is 27.7 Å². The molecule has 8 nitrogen and oxygen atoms in total. The molecule has 1 unspecified atom stereocenters. The molecule has 188 valence electrons. The zero-order valence-electron chi connectivity index (χ0n) is 20.7. The molecule has 0 aliphatic carbocycles. The van der Waals surface area contributed by atoms with Crippen molar-refractivity contribution in [2.24, 2.45) is 4.99 Å². The Balaban J connectivity index is 1.94. The Labute approximate surface area is 210 Å². The van der Waals surface area contributed by atoms with Gasteiger partial charge < -0.3 is 25.1 Å². The van der Waals surface area contributed by atoms with Gasteiger partial charge in [0, 0.05) is 34.2 Å². The summed E-state index contributed by atoms with van der Waals surface area (Å²) in [7, 11) is 5.09. The number of amidine groups is 1. The summed E-state index contributed by atoms with van der Waals surface area (Å²) in [5.74, 6) is -0.997. The minimum atomic E-state index is -0.580. The van der Waals surface area contributed by atoms with E-state index in [9.17, 15) is 19.1 Å². The number of halogens is 2. The van der Waals surface area contributed by atoms with Crippen LogP contribution in [0, 0.1) is 5.82 Å². The number of allylic oxidation sites excluding steroid dienone is 1. The van der Waals surface area contributed by atoms with Crippen molar-refractivity contribution >= 4 is 29.3 Å². The summed E-state index contributed by atoms with van der Waals surface area (Å²) in [6.45, 7) is 8.36. The van der Waals surface area contributed by atoms with Crippen LogP contribution in [0.15, 0.2) is 58.2 Å². The molecule has 2 heterocycles. The number of piperidine rings is 1. The molecule has 0 saturated carbocycles. The molecule has 0 bridgehead atoms. The van der Waals surface area contributed by atoms with Crippen molar-refractivity contribution in [1.29, 1.82) is 0 Å². The van der Waals surface area contributed by atoms with Gasteiger partial charge in [0.05, 0.1) is 22.5 Å². The van der Waals surface area contributed by atoms with Gasteiger partial charge >= 0.3 is 0 Å². The van der Waals surface area contributed by atoms with Gasteiger partial charge in [-0.15, -0.1) is 0 Å². The second kappa shape index (κ2) is 10.5. The number of aliphatic hydroxyl groups excluding tert-OH is 1. The van der Waals surface area contributed by atoms with Crippen LogP contribution < -0.4 is 5.32 Å². The highest BCUT2D eigenvalue weighted by Gasteiger charge is 2.39. The number of benzene rings is 1. The number of amides is 2.